The predicted octanol–water partition coefficient (Wildman–Crippen LogP) is 1.02. The van der Waals surface area contributed by atoms with E-state index in [0.717, 1.165) is 5.56 Å². The number of aryl methyl sites for hydroxylation is 1. The van der Waals surface area contributed by atoms with Crippen LogP contribution in [0, 0.1) is 0 Å². The van der Waals surface area contributed by atoms with Crippen LogP contribution in [0.2, 0.25) is 0 Å². The van der Waals surface area contributed by atoms with Gasteiger partial charge in [-0.3, -0.25) is 4.68 Å². The number of aromatic nitrogens is 4. The van der Waals surface area contributed by atoms with Crippen LogP contribution in [0.5, 0.6) is 11.9 Å². The molecule has 1 atom stereocenters. The Labute approximate surface area is 93.1 Å². The molecule has 2 heterocycles. The van der Waals surface area contributed by atoms with E-state index < -0.39 is 0 Å². The Balaban J connectivity index is 2.11. The molecule has 0 aromatic carbocycles. The molecule has 6 nitrogen and oxygen atoms in total. The Hall–Kier alpha value is -1.95. The van der Waals surface area contributed by atoms with Gasteiger partial charge in [0.2, 0.25) is 5.88 Å². The Bertz CT molecular complexity index is 462. The van der Waals surface area contributed by atoms with Crippen molar-refractivity contribution in [3.05, 3.63) is 30.2 Å². The molecular formula is C10H13N5O. The Kier molecular flexibility index (Phi) is 2.82. The van der Waals surface area contributed by atoms with E-state index in [4.69, 9.17) is 10.5 Å². The van der Waals surface area contributed by atoms with Gasteiger partial charge in [0.25, 0.3) is 0 Å². The average Bonchev–Trinajstić information content (AvgIpc) is 2.65. The van der Waals surface area contributed by atoms with E-state index in [1.807, 2.05) is 13.0 Å². The number of hydrogen-bond donors (Lipinski definition) is 1. The fourth-order valence-electron chi connectivity index (χ4n) is 1.18. The quantitative estimate of drug-likeness (QED) is 0.833. The molecule has 0 radical (unpaired) electrons. The van der Waals surface area contributed by atoms with Crippen molar-refractivity contribution in [3.8, 4) is 11.9 Å². The minimum absolute atomic E-state index is 0.0328. The number of ether oxygens (including phenoxy) is 1. The fraction of sp³-hybridized carbons (Fsp3) is 0.300. The van der Waals surface area contributed by atoms with E-state index >= 15 is 0 Å². The van der Waals surface area contributed by atoms with Crippen LogP contribution in [-0.4, -0.2) is 19.7 Å². The van der Waals surface area contributed by atoms with Crippen LogP contribution in [0.25, 0.3) is 0 Å². The van der Waals surface area contributed by atoms with Crippen molar-refractivity contribution in [1.29, 1.82) is 0 Å². The second-order valence-electron chi connectivity index (χ2n) is 3.52. The second kappa shape index (κ2) is 4.28. The van der Waals surface area contributed by atoms with E-state index in [1.165, 1.54) is 0 Å². The lowest BCUT2D eigenvalue weighted by molar-refractivity contribution is 0.422. The van der Waals surface area contributed by atoms with Crippen LogP contribution in [0.15, 0.2) is 24.7 Å². The molecule has 0 aliphatic rings. The molecule has 6 heteroatoms. The van der Waals surface area contributed by atoms with E-state index in [1.54, 1.807) is 30.3 Å². The van der Waals surface area contributed by atoms with Crippen LogP contribution < -0.4 is 10.5 Å². The highest BCUT2D eigenvalue weighted by Gasteiger charge is 2.04. The summed E-state index contributed by atoms with van der Waals surface area (Å²) in [6, 6.07) is 3.86. The van der Waals surface area contributed by atoms with Crippen molar-refractivity contribution in [2.75, 3.05) is 0 Å². The summed E-state index contributed by atoms with van der Waals surface area (Å²) in [6.45, 7) is 1.90. The lowest BCUT2D eigenvalue weighted by Crippen LogP contribution is -2.05. The smallest absolute Gasteiger partial charge is 0.342 e. The molecule has 2 N–H and O–H groups in total. The maximum atomic E-state index is 5.71. The number of rotatable bonds is 3. The largest absolute Gasteiger partial charge is 0.404 e. The average molecular weight is 219 g/mol. The number of pyridine rings is 1. The summed E-state index contributed by atoms with van der Waals surface area (Å²) < 4.78 is 6.90. The van der Waals surface area contributed by atoms with Crippen LogP contribution in [0.1, 0.15) is 18.5 Å². The maximum Gasteiger partial charge on any atom is 0.342 e. The second-order valence-corrected chi connectivity index (χ2v) is 3.52. The summed E-state index contributed by atoms with van der Waals surface area (Å²) in [5.41, 5.74) is 6.67. The van der Waals surface area contributed by atoms with Crippen molar-refractivity contribution in [1.82, 2.24) is 19.7 Å². The van der Waals surface area contributed by atoms with Crippen LogP contribution in [-0.2, 0) is 7.05 Å². The molecule has 0 saturated carbocycles. The standard InChI is InChI=1S/C10H13N5O/c1-7(11)8-3-4-9(12-5-8)16-10-13-6-15(2)14-10/h3-7H,11H2,1-2H3. The molecule has 2 aromatic heterocycles. The van der Waals surface area contributed by atoms with E-state index in [9.17, 15) is 0 Å². The lowest BCUT2D eigenvalue weighted by atomic mass is 10.2. The zero-order valence-corrected chi connectivity index (χ0v) is 9.16. The Morgan fingerprint density at radius 2 is 2.19 bits per heavy atom. The molecule has 84 valence electrons. The zero-order chi connectivity index (χ0) is 11.5. The summed E-state index contributed by atoms with van der Waals surface area (Å²) in [5.74, 6) is 0.454. The maximum absolute atomic E-state index is 5.71. The molecule has 2 aromatic rings. The summed E-state index contributed by atoms with van der Waals surface area (Å²) >= 11 is 0. The van der Waals surface area contributed by atoms with Gasteiger partial charge in [0, 0.05) is 25.4 Å². The number of nitrogens with two attached hydrogens (primary N) is 1. The van der Waals surface area contributed by atoms with Gasteiger partial charge < -0.3 is 10.5 Å². The van der Waals surface area contributed by atoms with E-state index in [2.05, 4.69) is 15.1 Å². The molecule has 0 fully saturated rings. The molecule has 0 aliphatic carbocycles. The lowest BCUT2D eigenvalue weighted by Gasteiger charge is -2.05. The highest BCUT2D eigenvalue weighted by atomic mass is 16.5. The van der Waals surface area contributed by atoms with Crippen molar-refractivity contribution < 1.29 is 4.74 Å². The van der Waals surface area contributed by atoms with Gasteiger partial charge in [-0.1, -0.05) is 6.07 Å². The molecule has 1 unspecified atom stereocenters. The summed E-state index contributed by atoms with van der Waals surface area (Å²) in [6.07, 6.45) is 3.24. The summed E-state index contributed by atoms with van der Waals surface area (Å²) in [7, 11) is 1.77. The first-order valence-electron chi connectivity index (χ1n) is 4.90. The molecule has 0 aliphatic heterocycles. The molecule has 0 spiro atoms. The zero-order valence-electron chi connectivity index (χ0n) is 9.16. The first-order valence-corrected chi connectivity index (χ1v) is 4.90. The van der Waals surface area contributed by atoms with Gasteiger partial charge in [-0.2, -0.15) is 4.98 Å². The van der Waals surface area contributed by atoms with Crippen molar-refractivity contribution in [3.63, 3.8) is 0 Å². The van der Waals surface area contributed by atoms with E-state index in [0.29, 0.717) is 5.88 Å². The normalized spacial score (nSPS) is 12.4. The highest BCUT2D eigenvalue weighted by molar-refractivity contribution is 5.21. The highest BCUT2D eigenvalue weighted by Crippen LogP contribution is 2.16. The topological polar surface area (TPSA) is 78.9 Å². The van der Waals surface area contributed by atoms with Crippen molar-refractivity contribution in [2.24, 2.45) is 12.8 Å². The first kappa shape index (κ1) is 10.6. The minimum Gasteiger partial charge on any atom is -0.404 e. The van der Waals surface area contributed by atoms with Crippen LogP contribution in [0.4, 0.5) is 0 Å². The first-order chi connectivity index (χ1) is 7.65. The molecule has 16 heavy (non-hydrogen) atoms. The molecular weight excluding hydrogens is 206 g/mol. The van der Waals surface area contributed by atoms with E-state index in [-0.39, 0.29) is 12.1 Å². The number of nitrogens with zero attached hydrogens (tertiary/aromatic N) is 4. The Morgan fingerprint density at radius 3 is 2.69 bits per heavy atom. The van der Waals surface area contributed by atoms with Gasteiger partial charge in [0.15, 0.2) is 0 Å². The fourth-order valence-corrected chi connectivity index (χ4v) is 1.18. The third-order valence-corrected chi connectivity index (χ3v) is 2.06. The predicted molar refractivity (Wildman–Crippen MR) is 57.9 cm³/mol. The van der Waals surface area contributed by atoms with Crippen LogP contribution >= 0.6 is 0 Å². The van der Waals surface area contributed by atoms with Gasteiger partial charge in [-0.25, -0.2) is 4.98 Å². The third kappa shape index (κ3) is 2.34. The van der Waals surface area contributed by atoms with Gasteiger partial charge in [0.1, 0.15) is 6.33 Å². The monoisotopic (exact) mass is 219 g/mol. The Morgan fingerprint density at radius 1 is 1.38 bits per heavy atom. The van der Waals surface area contributed by atoms with Crippen molar-refractivity contribution in [2.45, 2.75) is 13.0 Å². The van der Waals surface area contributed by atoms with Crippen LogP contribution in [0.3, 0.4) is 0 Å². The van der Waals surface area contributed by atoms with Gasteiger partial charge >= 0.3 is 6.01 Å². The molecule has 0 saturated heterocycles. The molecule has 0 amide bonds. The summed E-state index contributed by atoms with van der Waals surface area (Å²) in [4.78, 5) is 8.05. The van der Waals surface area contributed by atoms with Crippen molar-refractivity contribution >= 4 is 0 Å². The molecule has 2 rings (SSSR count). The molecule has 0 bridgehead atoms. The minimum atomic E-state index is -0.0328. The number of hydrogen-bond acceptors (Lipinski definition) is 5. The van der Waals surface area contributed by atoms with Gasteiger partial charge in [0.05, 0.1) is 0 Å². The SMILES string of the molecule is CC(N)c1ccc(Oc2ncn(C)n2)nc1. The third-order valence-electron chi connectivity index (χ3n) is 2.06. The summed E-state index contributed by atoms with van der Waals surface area (Å²) in [5, 5.41) is 3.98. The van der Waals surface area contributed by atoms with Gasteiger partial charge in [-0.05, 0) is 12.5 Å². The van der Waals surface area contributed by atoms with Gasteiger partial charge in [-0.15, -0.1) is 5.10 Å².